The second kappa shape index (κ2) is 5.82. The molecule has 0 amide bonds. The van der Waals surface area contributed by atoms with Gasteiger partial charge < -0.3 is 0 Å². The first kappa shape index (κ1) is 14.5. The summed E-state index contributed by atoms with van der Waals surface area (Å²) < 4.78 is 0. The van der Waals surface area contributed by atoms with Gasteiger partial charge in [-0.1, -0.05) is 78.8 Å². The Bertz CT molecular complexity index is 801. The molecule has 0 saturated heterocycles. The van der Waals surface area contributed by atoms with E-state index in [1.807, 2.05) is 0 Å². The molecule has 3 N–H and O–H groups in total. The highest BCUT2D eigenvalue weighted by Gasteiger charge is 2.41. The Kier molecular flexibility index (Phi) is 3.66. The number of aromatic nitrogens is 1. The fraction of sp³-hybridized carbons (Fsp3) is 0.250. The lowest BCUT2D eigenvalue weighted by atomic mass is 9.76. The molecule has 23 heavy (non-hydrogen) atoms. The second-order valence-corrected chi connectivity index (χ2v) is 7.29. The summed E-state index contributed by atoms with van der Waals surface area (Å²) in [4.78, 5) is 3.41. The standard InChI is InChI=1S/C20H20N2S/c21-19-22-18(14-23-19)20(11-4-5-12-20)17-10-6-9-16(13-17)15-7-2-1-3-8-15/h1-3,6-10,13-14H,4-5,11-12H2,(H2,21,22)/p+1. The maximum absolute atomic E-state index is 5.97. The van der Waals surface area contributed by atoms with Crippen LogP contribution in [0.4, 0.5) is 5.13 Å². The lowest BCUT2D eigenvalue weighted by Gasteiger charge is -2.27. The van der Waals surface area contributed by atoms with Gasteiger partial charge in [0.1, 0.15) is 5.69 Å². The van der Waals surface area contributed by atoms with Crippen molar-refractivity contribution < 1.29 is 4.98 Å². The number of thiazole rings is 1. The lowest BCUT2D eigenvalue weighted by Crippen LogP contribution is -2.30. The van der Waals surface area contributed by atoms with E-state index in [0.29, 0.717) is 0 Å². The van der Waals surface area contributed by atoms with Gasteiger partial charge in [-0.15, -0.1) is 0 Å². The molecule has 1 aliphatic carbocycles. The second-order valence-electron chi connectivity index (χ2n) is 6.37. The van der Waals surface area contributed by atoms with Crippen LogP contribution in [0, 0.1) is 0 Å². The molecule has 1 saturated carbocycles. The van der Waals surface area contributed by atoms with E-state index < -0.39 is 0 Å². The highest BCUT2D eigenvalue weighted by atomic mass is 32.1. The molecule has 0 bridgehead atoms. The SMILES string of the molecule is Nc1[nH+]c(C2(c3cccc(-c4ccccc4)c3)CCCC2)cs1. The highest BCUT2D eigenvalue weighted by molar-refractivity contribution is 7.13. The van der Waals surface area contributed by atoms with Gasteiger partial charge in [0.2, 0.25) is 0 Å². The number of rotatable bonds is 3. The van der Waals surface area contributed by atoms with Crippen molar-refractivity contribution >= 4 is 16.5 Å². The Morgan fingerprint density at radius 2 is 1.65 bits per heavy atom. The molecule has 0 atom stereocenters. The minimum atomic E-state index is 0.0961. The third-order valence-electron chi connectivity index (χ3n) is 5.06. The number of aromatic amines is 1. The number of hydrogen-bond acceptors (Lipinski definition) is 2. The maximum atomic E-state index is 5.97. The van der Waals surface area contributed by atoms with Crippen LogP contribution in [0.1, 0.15) is 36.9 Å². The van der Waals surface area contributed by atoms with Gasteiger partial charge in [0.15, 0.2) is 0 Å². The van der Waals surface area contributed by atoms with Crippen LogP contribution >= 0.6 is 11.3 Å². The fourth-order valence-electron chi connectivity index (χ4n) is 3.87. The first-order valence-corrected chi connectivity index (χ1v) is 9.09. The number of anilines is 1. The van der Waals surface area contributed by atoms with Crippen molar-refractivity contribution in [3.05, 3.63) is 71.2 Å². The van der Waals surface area contributed by atoms with Crippen LogP contribution in [0.5, 0.6) is 0 Å². The van der Waals surface area contributed by atoms with E-state index >= 15 is 0 Å². The Hall–Kier alpha value is -2.13. The van der Waals surface area contributed by atoms with Crippen molar-refractivity contribution in [3.8, 4) is 11.1 Å². The Morgan fingerprint density at radius 3 is 2.35 bits per heavy atom. The minimum absolute atomic E-state index is 0.0961. The molecule has 4 rings (SSSR count). The van der Waals surface area contributed by atoms with Crippen molar-refractivity contribution in [2.75, 3.05) is 5.73 Å². The van der Waals surface area contributed by atoms with E-state index in [4.69, 9.17) is 5.73 Å². The number of H-pyrrole nitrogens is 1. The molecule has 1 aliphatic rings. The average Bonchev–Trinajstić information content (AvgIpc) is 3.26. The molecular formula is C20H21N2S+. The molecule has 3 heteroatoms. The summed E-state index contributed by atoms with van der Waals surface area (Å²) >= 11 is 1.61. The first-order chi connectivity index (χ1) is 11.3. The van der Waals surface area contributed by atoms with Crippen molar-refractivity contribution in [1.82, 2.24) is 0 Å². The topological polar surface area (TPSA) is 40.2 Å². The molecule has 116 valence electrons. The van der Waals surface area contributed by atoms with Gasteiger partial charge in [0.25, 0.3) is 0 Å². The Labute approximate surface area is 141 Å². The molecular weight excluding hydrogens is 300 g/mol. The maximum Gasteiger partial charge on any atom is 0.329 e. The zero-order valence-electron chi connectivity index (χ0n) is 13.1. The number of benzene rings is 2. The third kappa shape index (κ3) is 2.55. The normalized spacial score (nSPS) is 16.5. The Morgan fingerprint density at radius 1 is 0.913 bits per heavy atom. The molecule has 0 spiro atoms. The summed E-state index contributed by atoms with van der Waals surface area (Å²) in [5.74, 6) is 0. The molecule has 0 unspecified atom stereocenters. The summed E-state index contributed by atoms with van der Waals surface area (Å²) in [5, 5.41) is 3.00. The van der Waals surface area contributed by atoms with E-state index in [1.165, 1.54) is 48.1 Å². The van der Waals surface area contributed by atoms with Gasteiger partial charge in [0, 0.05) is 5.38 Å². The highest BCUT2D eigenvalue weighted by Crippen LogP contribution is 2.46. The van der Waals surface area contributed by atoms with Gasteiger partial charge in [0.05, 0.1) is 5.41 Å². The summed E-state index contributed by atoms with van der Waals surface area (Å²) in [6.07, 6.45) is 4.94. The first-order valence-electron chi connectivity index (χ1n) is 8.21. The summed E-state index contributed by atoms with van der Waals surface area (Å²) in [6.45, 7) is 0. The van der Waals surface area contributed by atoms with E-state index in [-0.39, 0.29) is 5.41 Å². The van der Waals surface area contributed by atoms with E-state index in [9.17, 15) is 0 Å². The van der Waals surface area contributed by atoms with Crippen molar-refractivity contribution in [2.45, 2.75) is 31.1 Å². The number of nitrogens with two attached hydrogens (primary N) is 1. The van der Waals surface area contributed by atoms with Crippen LogP contribution in [0.2, 0.25) is 0 Å². The van der Waals surface area contributed by atoms with Crippen LogP contribution in [0.25, 0.3) is 11.1 Å². The number of nitrogen functional groups attached to an aromatic ring is 1. The van der Waals surface area contributed by atoms with E-state index in [2.05, 4.69) is 65.0 Å². The van der Waals surface area contributed by atoms with Crippen LogP contribution in [0.15, 0.2) is 60.0 Å². The zero-order chi connectivity index (χ0) is 15.7. The minimum Gasteiger partial charge on any atom is -0.278 e. The smallest absolute Gasteiger partial charge is 0.278 e. The van der Waals surface area contributed by atoms with Crippen molar-refractivity contribution in [1.29, 1.82) is 0 Å². The Balaban J connectivity index is 1.82. The quantitative estimate of drug-likeness (QED) is 0.748. The van der Waals surface area contributed by atoms with Crippen molar-refractivity contribution in [2.24, 2.45) is 0 Å². The van der Waals surface area contributed by atoms with Crippen molar-refractivity contribution in [3.63, 3.8) is 0 Å². The summed E-state index contributed by atoms with van der Waals surface area (Å²) in [5.41, 5.74) is 11.3. The van der Waals surface area contributed by atoms with E-state index in [1.54, 1.807) is 11.3 Å². The average molecular weight is 321 g/mol. The molecule has 1 fully saturated rings. The fourth-order valence-corrected chi connectivity index (χ4v) is 4.56. The molecule has 0 aliphatic heterocycles. The zero-order valence-corrected chi connectivity index (χ0v) is 13.9. The molecule has 1 aromatic heterocycles. The predicted molar refractivity (Wildman–Crippen MR) is 96.4 cm³/mol. The monoisotopic (exact) mass is 321 g/mol. The summed E-state index contributed by atoms with van der Waals surface area (Å²) in [6, 6.07) is 19.6. The number of nitrogens with one attached hydrogen (secondary N) is 1. The lowest BCUT2D eigenvalue weighted by molar-refractivity contribution is -0.373. The molecule has 2 aromatic carbocycles. The van der Waals surface area contributed by atoms with Crippen LogP contribution in [-0.2, 0) is 5.41 Å². The van der Waals surface area contributed by atoms with Gasteiger partial charge >= 0.3 is 5.13 Å². The molecule has 2 nitrogen and oxygen atoms in total. The van der Waals surface area contributed by atoms with E-state index in [0.717, 1.165) is 5.13 Å². The molecule has 0 radical (unpaired) electrons. The molecule has 1 heterocycles. The van der Waals surface area contributed by atoms with Gasteiger partial charge in [-0.25, -0.2) is 4.98 Å². The van der Waals surface area contributed by atoms with Crippen LogP contribution in [-0.4, -0.2) is 0 Å². The van der Waals surface area contributed by atoms with Gasteiger partial charge in [-0.3, -0.25) is 5.73 Å². The number of hydrogen-bond donors (Lipinski definition) is 1. The summed E-state index contributed by atoms with van der Waals surface area (Å²) in [7, 11) is 0. The van der Waals surface area contributed by atoms with Crippen LogP contribution < -0.4 is 10.7 Å². The third-order valence-corrected chi connectivity index (χ3v) is 5.77. The van der Waals surface area contributed by atoms with Gasteiger partial charge in [-0.05, 0) is 29.5 Å². The van der Waals surface area contributed by atoms with Gasteiger partial charge in [-0.2, -0.15) is 0 Å². The predicted octanol–water partition coefficient (Wildman–Crippen LogP) is 4.67. The molecule has 3 aromatic rings. The van der Waals surface area contributed by atoms with Crippen LogP contribution in [0.3, 0.4) is 0 Å². The largest absolute Gasteiger partial charge is 0.329 e.